The first kappa shape index (κ1) is 18.0. The van der Waals surface area contributed by atoms with Gasteiger partial charge in [0.2, 0.25) is 0 Å². The van der Waals surface area contributed by atoms with Gasteiger partial charge in [0.15, 0.2) is 0 Å². The highest BCUT2D eigenvalue weighted by Crippen LogP contribution is 2.17. The van der Waals surface area contributed by atoms with Gasteiger partial charge in [-0.2, -0.15) is 0 Å². The monoisotopic (exact) mass is 255 g/mol. The molecule has 0 rings (SSSR count). The van der Waals surface area contributed by atoms with Crippen LogP contribution in [0.3, 0.4) is 0 Å². The third-order valence-electron chi connectivity index (χ3n) is 4.02. The Morgan fingerprint density at radius 3 is 1.56 bits per heavy atom. The Bertz CT molecular complexity index is 145. The lowest BCUT2D eigenvalue weighted by Gasteiger charge is -2.13. The van der Waals surface area contributed by atoms with Gasteiger partial charge in [-0.1, -0.05) is 84.5 Å². The topological polar surface area (TPSA) is 26.0 Å². The van der Waals surface area contributed by atoms with Gasteiger partial charge in [0.25, 0.3) is 0 Å². The fourth-order valence-corrected chi connectivity index (χ4v) is 2.62. The smallest absolute Gasteiger partial charge is 0.00489 e. The summed E-state index contributed by atoms with van der Waals surface area (Å²) in [5.41, 5.74) is 5.82. The summed E-state index contributed by atoms with van der Waals surface area (Å²) in [5.74, 6) is 0.800. The molecule has 0 aliphatic carbocycles. The predicted octanol–water partition coefficient (Wildman–Crippen LogP) is 5.67. The van der Waals surface area contributed by atoms with Crippen molar-refractivity contribution in [3.63, 3.8) is 0 Å². The molecule has 1 unspecified atom stereocenters. The molecule has 1 nitrogen and oxygen atoms in total. The molecule has 2 N–H and O–H groups in total. The van der Waals surface area contributed by atoms with E-state index in [0.717, 1.165) is 12.5 Å². The zero-order chi connectivity index (χ0) is 13.5. The van der Waals surface area contributed by atoms with Gasteiger partial charge in [-0.3, -0.25) is 0 Å². The van der Waals surface area contributed by atoms with Crippen LogP contribution < -0.4 is 5.73 Å². The van der Waals surface area contributed by atoms with Crippen LogP contribution in [0.25, 0.3) is 0 Å². The van der Waals surface area contributed by atoms with Crippen LogP contribution in [0.1, 0.15) is 97.3 Å². The molecule has 0 fully saturated rings. The van der Waals surface area contributed by atoms with Crippen LogP contribution >= 0.6 is 0 Å². The third-order valence-corrected chi connectivity index (χ3v) is 4.02. The molecule has 0 bridgehead atoms. The summed E-state index contributed by atoms with van der Waals surface area (Å²) in [6, 6.07) is 0. The second-order valence-corrected chi connectivity index (χ2v) is 5.86. The van der Waals surface area contributed by atoms with E-state index in [1.165, 1.54) is 83.5 Å². The summed E-state index contributed by atoms with van der Waals surface area (Å²) in [7, 11) is 0. The molecule has 0 aromatic carbocycles. The number of hydrogen-bond donors (Lipinski definition) is 1. The lowest BCUT2D eigenvalue weighted by molar-refractivity contribution is 0.418. The molecule has 0 spiro atoms. The van der Waals surface area contributed by atoms with E-state index < -0.39 is 0 Å². The first-order valence-electron chi connectivity index (χ1n) is 8.55. The van der Waals surface area contributed by atoms with Crippen molar-refractivity contribution in [2.45, 2.75) is 97.3 Å². The van der Waals surface area contributed by atoms with Gasteiger partial charge < -0.3 is 5.73 Å². The van der Waals surface area contributed by atoms with Gasteiger partial charge in [0, 0.05) is 0 Å². The van der Waals surface area contributed by atoms with E-state index in [1.807, 2.05) is 0 Å². The highest BCUT2D eigenvalue weighted by molar-refractivity contribution is 4.60. The summed E-state index contributed by atoms with van der Waals surface area (Å²) in [6.45, 7) is 5.45. The molecule has 0 saturated heterocycles. The molecule has 0 amide bonds. The first-order valence-corrected chi connectivity index (χ1v) is 8.55. The minimum atomic E-state index is 0.800. The Morgan fingerprint density at radius 2 is 1.06 bits per heavy atom. The molecule has 1 atom stereocenters. The summed E-state index contributed by atoms with van der Waals surface area (Å²) in [6.07, 6.45) is 18.3. The largest absolute Gasteiger partial charge is 0.330 e. The predicted molar refractivity (Wildman–Crippen MR) is 83.9 cm³/mol. The van der Waals surface area contributed by atoms with Crippen LogP contribution in [0.5, 0.6) is 0 Å². The highest BCUT2D eigenvalue weighted by Gasteiger charge is 2.05. The summed E-state index contributed by atoms with van der Waals surface area (Å²) in [4.78, 5) is 0. The van der Waals surface area contributed by atoms with Crippen LogP contribution in [0.15, 0.2) is 0 Å². The van der Waals surface area contributed by atoms with E-state index in [4.69, 9.17) is 5.73 Å². The fourth-order valence-electron chi connectivity index (χ4n) is 2.62. The van der Waals surface area contributed by atoms with E-state index in [9.17, 15) is 0 Å². The van der Waals surface area contributed by atoms with Crippen molar-refractivity contribution in [1.82, 2.24) is 0 Å². The van der Waals surface area contributed by atoms with E-state index in [2.05, 4.69) is 13.8 Å². The molecule has 0 aliphatic heterocycles. The summed E-state index contributed by atoms with van der Waals surface area (Å²) in [5, 5.41) is 0. The number of unbranched alkanes of at least 4 members (excludes halogenated alkanes) is 9. The van der Waals surface area contributed by atoms with Crippen molar-refractivity contribution >= 4 is 0 Å². The molecular weight excluding hydrogens is 218 g/mol. The van der Waals surface area contributed by atoms with E-state index >= 15 is 0 Å². The van der Waals surface area contributed by atoms with Crippen molar-refractivity contribution < 1.29 is 0 Å². The maximum atomic E-state index is 5.82. The molecule has 0 aromatic rings. The lowest BCUT2D eigenvalue weighted by atomic mass is 9.95. The van der Waals surface area contributed by atoms with Crippen molar-refractivity contribution in [3.8, 4) is 0 Å². The number of rotatable bonds is 14. The van der Waals surface area contributed by atoms with E-state index in [-0.39, 0.29) is 0 Å². The maximum absolute atomic E-state index is 5.82. The first-order chi connectivity index (χ1) is 8.85. The Morgan fingerprint density at radius 1 is 0.611 bits per heavy atom. The van der Waals surface area contributed by atoms with Crippen molar-refractivity contribution in [2.75, 3.05) is 6.54 Å². The van der Waals surface area contributed by atoms with E-state index in [1.54, 1.807) is 0 Å². The molecule has 18 heavy (non-hydrogen) atoms. The molecule has 0 saturated carbocycles. The Labute approximate surface area is 116 Å². The standard InChI is InChI=1S/C17H37N/c1-3-5-7-8-9-10-11-12-13-15-17(16-18)14-6-4-2/h17H,3-16,18H2,1-2H3. The normalized spacial score (nSPS) is 12.8. The summed E-state index contributed by atoms with van der Waals surface area (Å²) < 4.78 is 0. The minimum Gasteiger partial charge on any atom is -0.330 e. The fraction of sp³-hybridized carbons (Fsp3) is 1.00. The van der Waals surface area contributed by atoms with Gasteiger partial charge in [-0.05, 0) is 25.3 Å². The lowest BCUT2D eigenvalue weighted by Crippen LogP contribution is -2.14. The molecule has 0 aromatic heterocycles. The van der Waals surface area contributed by atoms with Crippen molar-refractivity contribution in [2.24, 2.45) is 11.7 Å². The number of nitrogens with two attached hydrogens (primary N) is 1. The second-order valence-electron chi connectivity index (χ2n) is 5.86. The van der Waals surface area contributed by atoms with Gasteiger partial charge in [0.1, 0.15) is 0 Å². The SMILES string of the molecule is CCCCCCCCCCCC(CN)CCCC. The van der Waals surface area contributed by atoms with Crippen LogP contribution in [0.2, 0.25) is 0 Å². The van der Waals surface area contributed by atoms with E-state index in [0.29, 0.717) is 0 Å². The number of hydrogen-bond acceptors (Lipinski definition) is 1. The Balaban J connectivity index is 3.17. The molecule has 0 radical (unpaired) electrons. The average Bonchev–Trinajstić information content (AvgIpc) is 2.40. The Hall–Kier alpha value is -0.0400. The van der Waals surface area contributed by atoms with Gasteiger partial charge in [0.05, 0.1) is 0 Å². The van der Waals surface area contributed by atoms with Crippen LogP contribution in [0.4, 0.5) is 0 Å². The molecule has 0 heterocycles. The van der Waals surface area contributed by atoms with Crippen LogP contribution in [0, 0.1) is 5.92 Å². The molecule has 110 valence electrons. The molecular formula is C17H37N. The summed E-state index contributed by atoms with van der Waals surface area (Å²) >= 11 is 0. The Kier molecular flexibility index (Phi) is 15.0. The zero-order valence-electron chi connectivity index (χ0n) is 13.1. The van der Waals surface area contributed by atoms with Gasteiger partial charge >= 0.3 is 0 Å². The molecule has 0 aliphatic rings. The third kappa shape index (κ3) is 12.4. The molecule has 1 heteroatoms. The van der Waals surface area contributed by atoms with Gasteiger partial charge in [-0.25, -0.2) is 0 Å². The quantitative estimate of drug-likeness (QED) is 0.397. The van der Waals surface area contributed by atoms with Crippen LogP contribution in [-0.4, -0.2) is 6.54 Å². The maximum Gasteiger partial charge on any atom is -0.00489 e. The van der Waals surface area contributed by atoms with Crippen molar-refractivity contribution in [3.05, 3.63) is 0 Å². The second kappa shape index (κ2) is 15.0. The minimum absolute atomic E-state index is 0.800. The highest BCUT2D eigenvalue weighted by atomic mass is 14.5. The van der Waals surface area contributed by atoms with Crippen LogP contribution in [-0.2, 0) is 0 Å². The zero-order valence-corrected chi connectivity index (χ0v) is 13.1. The average molecular weight is 255 g/mol. The van der Waals surface area contributed by atoms with Crippen molar-refractivity contribution in [1.29, 1.82) is 0 Å². The van der Waals surface area contributed by atoms with Gasteiger partial charge in [-0.15, -0.1) is 0 Å².